The highest BCUT2D eigenvalue weighted by Gasteiger charge is 2.78. The standard InChI is InChI=1S/C28H44N2O6/c1-5-8-17-29(16-7-3)25(33)23-28-15-14-27(4,36-28)22(26(34)35-20-9-6-2)21(28)24(32)30(23)18-12-10-11-13-19-31/h6-7,21-23,31H,2-3,5,8-20H2,1,4H3/t21-,22-,23?,27+,28?/m0/s1. The van der Waals surface area contributed by atoms with Gasteiger partial charge in [-0.1, -0.05) is 38.3 Å². The van der Waals surface area contributed by atoms with E-state index in [4.69, 9.17) is 14.6 Å². The second-order valence-corrected chi connectivity index (χ2v) is 10.6. The van der Waals surface area contributed by atoms with Gasteiger partial charge in [-0.3, -0.25) is 14.4 Å². The molecule has 1 spiro atoms. The fourth-order valence-electron chi connectivity index (χ4n) is 6.35. The van der Waals surface area contributed by atoms with Crippen LogP contribution >= 0.6 is 0 Å². The first-order valence-corrected chi connectivity index (χ1v) is 13.6. The molecule has 8 heteroatoms. The lowest BCUT2D eigenvalue weighted by atomic mass is 9.66. The number of carbonyl (C=O) groups is 3. The molecule has 0 saturated carbocycles. The summed E-state index contributed by atoms with van der Waals surface area (Å²) in [5.74, 6) is -2.19. The summed E-state index contributed by atoms with van der Waals surface area (Å²) < 4.78 is 12.2. The Bertz CT molecular complexity index is 831. The first-order chi connectivity index (χ1) is 17.3. The third-order valence-electron chi connectivity index (χ3n) is 8.08. The zero-order valence-corrected chi connectivity index (χ0v) is 22.1. The van der Waals surface area contributed by atoms with E-state index in [2.05, 4.69) is 20.1 Å². The Kier molecular flexibility index (Phi) is 9.75. The molecule has 3 fully saturated rings. The number of hydrogen-bond acceptors (Lipinski definition) is 6. The van der Waals surface area contributed by atoms with Gasteiger partial charge in [0, 0.05) is 26.2 Å². The maximum atomic E-state index is 14.1. The van der Waals surface area contributed by atoms with Crippen LogP contribution in [-0.4, -0.2) is 82.8 Å². The second kappa shape index (κ2) is 12.4. The smallest absolute Gasteiger partial charge is 0.312 e. The number of carbonyl (C=O) groups excluding carboxylic acids is 3. The van der Waals surface area contributed by atoms with Crippen molar-refractivity contribution in [2.45, 2.75) is 88.9 Å². The van der Waals surface area contributed by atoms with Gasteiger partial charge in [0.05, 0.1) is 18.1 Å². The molecule has 0 radical (unpaired) electrons. The normalized spacial score (nSPS) is 30.4. The highest BCUT2D eigenvalue weighted by Crippen LogP contribution is 2.63. The van der Waals surface area contributed by atoms with Gasteiger partial charge in [-0.2, -0.15) is 0 Å². The van der Waals surface area contributed by atoms with Crippen molar-refractivity contribution in [3.8, 4) is 0 Å². The van der Waals surface area contributed by atoms with Gasteiger partial charge in [0.2, 0.25) is 11.8 Å². The topological polar surface area (TPSA) is 96.4 Å². The summed E-state index contributed by atoms with van der Waals surface area (Å²) in [6, 6.07) is -0.766. The Labute approximate surface area is 215 Å². The summed E-state index contributed by atoms with van der Waals surface area (Å²) in [5.41, 5.74) is -1.86. The summed E-state index contributed by atoms with van der Waals surface area (Å²) in [6.45, 7) is 13.2. The summed E-state index contributed by atoms with van der Waals surface area (Å²) in [5, 5.41) is 9.09. The largest absolute Gasteiger partial charge is 0.465 e. The van der Waals surface area contributed by atoms with Gasteiger partial charge in [0.1, 0.15) is 17.6 Å². The van der Waals surface area contributed by atoms with Crippen LogP contribution in [0.5, 0.6) is 0 Å². The predicted molar refractivity (Wildman–Crippen MR) is 137 cm³/mol. The Morgan fingerprint density at radius 2 is 1.94 bits per heavy atom. The molecule has 202 valence electrons. The maximum absolute atomic E-state index is 14.1. The van der Waals surface area contributed by atoms with Gasteiger partial charge in [0.25, 0.3) is 0 Å². The average molecular weight is 505 g/mol. The monoisotopic (exact) mass is 504 g/mol. The lowest BCUT2D eigenvalue weighted by Crippen LogP contribution is -2.56. The van der Waals surface area contributed by atoms with Gasteiger partial charge < -0.3 is 24.4 Å². The molecule has 2 unspecified atom stereocenters. The number of amides is 2. The molecule has 8 nitrogen and oxygen atoms in total. The fraction of sp³-hybridized carbons (Fsp3) is 0.750. The van der Waals surface area contributed by atoms with E-state index in [1.165, 1.54) is 0 Å². The second-order valence-electron chi connectivity index (χ2n) is 10.6. The molecule has 0 aromatic heterocycles. The van der Waals surface area contributed by atoms with Crippen molar-refractivity contribution in [2.75, 3.05) is 32.8 Å². The zero-order valence-electron chi connectivity index (χ0n) is 22.1. The fourth-order valence-corrected chi connectivity index (χ4v) is 6.35. The lowest BCUT2D eigenvalue weighted by molar-refractivity contribution is -0.160. The van der Waals surface area contributed by atoms with Gasteiger partial charge in [0.15, 0.2) is 0 Å². The van der Waals surface area contributed by atoms with Crippen LogP contribution in [0.4, 0.5) is 0 Å². The lowest BCUT2D eigenvalue weighted by Gasteiger charge is -2.37. The molecule has 3 heterocycles. The SMILES string of the molecule is C=CCCOC(=O)[C@@H]1[C@H]2C(=O)N(CCCCCCO)C(C(=O)N(CC=C)CCCC)C23CC[C@@]1(C)O3. The Morgan fingerprint density at radius 3 is 2.61 bits per heavy atom. The van der Waals surface area contributed by atoms with Gasteiger partial charge >= 0.3 is 5.97 Å². The number of aliphatic hydroxyl groups is 1. The molecule has 3 aliphatic rings. The molecule has 0 aromatic carbocycles. The number of rotatable bonds is 16. The zero-order chi connectivity index (χ0) is 26.3. The highest BCUT2D eigenvalue weighted by atomic mass is 16.6. The number of fused-ring (bicyclic) bond motifs is 1. The molecular weight excluding hydrogens is 460 g/mol. The van der Waals surface area contributed by atoms with Crippen molar-refractivity contribution in [3.05, 3.63) is 25.3 Å². The van der Waals surface area contributed by atoms with E-state index in [0.29, 0.717) is 45.3 Å². The molecule has 3 saturated heterocycles. The first kappa shape index (κ1) is 28.4. The van der Waals surface area contributed by atoms with Crippen molar-refractivity contribution in [3.63, 3.8) is 0 Å². The van der Waals surface area contributed by atoms with Gasteiger partial charge in [-0.25, -0.2) is 0 Å². The van der Waals surface area contributed by atoms with Crippen LogP contribution in [0.15, 0.2) is 25.3 Å². The molecule has 1 N–H and O–H groups in total. The van der Waals surface area contributed by atoms with Gasteiger partial charge in [-0.05, 0) is 45.4 Å². The van der Waals surface area contributed by atoms with E-state index in [0.717, 1.165) is 32.1 Å². The van der Waals surface area contributed by atoms with Crippen molar-refractivity contribution >= 4 is 17.8 Å². The minimum absolute atomic E-state index is 0.125. The van der Waals surface area contributed by atoms with Gasteiger partial charge in [-0.15, -0.1) is 13.2 Å². The van der Waals surface area contributed by atoms with Crippen molar-refractivity contribution in [2.24, 2.45) is 11.8 Å². The minimum atomic E-state index is -1.03. The molecule has 0 aliphatic carbocycles. The Hall–Kier alpha value is -2.19. The third-order valence-corrected chi connectivity index (χ3v) is 8.08. The summed E-state index contributed by atoms with van der Waals surface area (Å²) in [7, 11) is 0. The van der Waals surface area contributed by atoms with Crippen molar-refractivity contribution < 1.29 is 29.0 Å². The highest BCUT2D eigenvalue weighted by molar-refractivity contribution is 5.98. The predicted octanol–water partition coefficient (Wildman–Crippen LogP) is 3.24. The number of esters is 1. The van der Waals surface area contributed by atoms with E-state index in [1.807, 2.05) is 6.92 Å². The van der Waals surface area contributed by atoms with E-state index < -0.39 is 35.0 Å². The number of unbranched alkanes of at least 4 members (excludes halogenated alkanes) is 4. The van der Waals surface area contributed by atoms with Crippen LogP contribution in [-0.2, 0) is 23.9 Å². The number of nitrogens with zero attached hydrogens (tertiary/aromatic N) is 2. The third kappa shape index (κ3) is 5.25. The van der Waals surface area contributed by atoms with Crippen LogP contribution in [0.1, 0.15) is 71.6 Å². The molecular formula is C28H44N2O6. The van der Waals surface area contributed by atoms with Crippen LogP contribution < -0.4 is 0 Å². The van der Waals surface area contributed by atoms with Crippen LogP contribution in [0.2, 0.25) is 0 Å². The molecule has 36 heavy (non-hydrogen) atoms. The minimum Gasteiger partial charge on any atom is -0.465 e. The molecule has 0 aromatic rings. The summed E-state index contributed by atoms with van der Waals surface area (Å²) in [6.07, 6.45) is 10.0. The Balaban J connectivity index is 1.93. The summed E-state index contributed by atoms with van der Waals surface area (Å²) in [4.78, 5) is 44.8. The summed E-state index contributed by atoms with van der Waals surface area (Å²) >= 11 is 0. The van der Waals surface area contributed by atoms with Crippen LogP contribution in [0, 0.1) is 11.8 Å². The molecule has 2 bridgehead atoms. The van der Waals surface area contributed by atoms with E-state index in [-0.39, 0.29) is 25.0 Å². The number of aliphatic hydroxyl groups excluding tert-OH is 1. The molecule has 3 rings (SSSR count). The Morgan fingerprint density at radius 1 is 1.19 bits per heavy atom. The number of hydrogen-bond donors (Lipinski definition) is 1. The molecule has 5 atom stereocenters. The maximum Gasteiger partial charge on any atom is 0.312 e. The van der Waals surface area contributed by atoms with Crippen LogP contribution in [0.25, 0.3) is 0 Å². The molecule has 2 amide bonds. The van der Waals surface area contributed by atoms with Crippen LogP contribution in [0.3, 0.4) is 0 Å². The number of likely N-dealkylation sites (tertiary alicyclic amines) is 1. The molecule has 3 aliphatic heterocycles. The first-order valence-electron chi connectivity index (χ1n) is 13.6. The number of ether oxygens (including phenoxy) is 2. The van der Waals surface area contributed by atoms with E-state index in [1.54, 1.807) is 22.0 Å². The van der Waals surface area contributed by atoms with E-state index in [9.17, 15) is 14.4 Å². The van der Waals surface area contributed by atoms with E-state index >= 15 is 0 Å². The van der Waals surface area contributed by atoms with Crippen molar-refractivity contribution in [1.82, 2.24) is 9.80 Å². The van der Waals surface area contributed by atoms with Crippen molar-refractivity contribution in [1.29, 1.82) is 0 Å². The average Bonchev–Trinajstić information content (AvgIpc) is 3.42. The quantitative estimate of drug-likeness (QED) is 0.197.